The van der Waals surface area contributed by atoms with Gasteiger partial charge in [-0.2, -0.15) is 0 Å². The first-order valence-corrected chi connectivity index (χ1v) is 9.70. The number of nitrogens with one attached hydrogen (secondary N) is 1. The summed E-state index contributed by atoms with van der Waals surface area (Å²) in [6, 6.07) is 9.02. The van der Waals surface area contributed by atoms with E-state index in [0.717, 1.165) is 17.7 Å². The maximum absolute atomic E-state index is 12.8. The first-order chi connectivity index (χ1) is 13.1. The molecule has 2 aliphatic rings. The van der Waals surface area contributed by atoms with Gasteiger partial charge in [-0.25, -0.2) is 0 Å². The first kappa shape index (κ1) is 18.0. The predicted molar refractivity (Wildman–Crippen MR) is 103 cm³/mol. The molecule has 2 aromatic carbocycles. The molecule has 0 spiro atoms. The molecular formula is C20H20BrNO5. The van der Waals surface area contributed by atoms with Crippen LogP contribution in [0.1, 0.15) is 35.3 Å². The van der Waals surface area contributed by atoms with Crippen LogP contribution < -0.4 is 24.3 Å². The Hall–Kier alpha value is -2.41. The van der Waals surface area contributed by atoms with Gasteiger partial charge in [-0.3, -0.25) is 4.79 Å². The summed E-state index contributed by atoms with van der Waals surface area (Å²) in [4.78, 5) is 12.8. The van der Waals surface area contributed by atoms with E-state index in [-0.39, 0.29) is 11.9 Å². The molecule has 27 heavy (non-hydrogen) atoms. The molecule has 1 unspecified atom stereocenters. The summed E-state index contributed by atoms with van der Waals surface area (Å²) in [7, 11) is 0. The third-order valence-electron chi connectivity index (χ3n) is 4.50. The van der Waals surface area contributed by atoms with E-state index < -0.39 is 0 Å². The molecule has 0 radical (unpaired) electrons. The van der Waals surface area contributed by atoms with Crippen molar-refractivity contribution in [1.29, 1.82) is 0 Å². The molecule has 0 aliphatic carbocycles. The average molecular weight is 434 g/mol. The highest BCUT2D eigenvalue weighted by Gasteiger charge is 2.21. The highest BCUT2D eigenvalue weighted by atomic mass is 79.9. The minimum Gasteiger partial charge on any atom is -0.490 e. The highest BCUT2D eigenvalue weighted by molar-refractivity contribution is 9.10. The number of hydrogen-bond donors (Lipinski definition) is 1. The molecule has 2 aliphatic heterocycles. The quantitative estimate of drug-likeness (QED) is 0.795. The number of benzene rings is 2. The summed E-state index contributed by atoms with van der Waals surface area (Å²) in [5, 5.41) is 3.02. The van der Waals surface area contributed by atoms with Crippen LogP contribution in [0.4, 0.5) is 0 Å². The van der Waals surface area contributed by atoms with Crippen LogP contribution in [0.2, 0.25) is 0 Å². The molecule has 1 N–H and O–H groups in total. The van der Waals surface area contributed by atoms with Crippen molar-refractivity contribution in [3.05, 3.63) is 45.9 Å². The van der Waals surface area contributed by atoms with Gasteiger partial charge in [0.15, 0.2) is 23.0 Å². The lowest BCUT2D eigenvalue weighted by Gasteiger charge is -2.21. The van der Waals surface area contributed by atoms with Gasteiger partial charge in [0.2, 0.25) is 0 Å². The van der Waals surface area contributed by atoms with Crippen LogP contribution in [0.3, 0.4) is 0 Å². The van der Waals surface area contributed by atoms with Crippen molar-refractivity contribution in [1.82, 2.24) is 5.32 Å². The fourth-order valence-corrected chi connectivity index (χ4v) is 3.55. The zero-order valence-corrected chi connectivity index (χ0v) is 16.5. The van der Waals surface area contributed by atoms with Gasteiger partial charge in [0.1, 0.15) is 13.2 Å². The number of ether oxygens (including phenoxy) is 4. The predicted octanol–water partition coefficient (Wildman–Crippen LogP) is 3.87. The number of carbonyl (C=O) groups excluding carboxylic acids is 1. The molecule has 2 aromatic rings. The van der Waals surface area contributed by atoms with Crippen molar-refractivity contribution in [2.75, 3.05) is 26.4 Å². The molecule has 0 saturated carbocycles. The monoisotopic (exact) mass is 433 g/mol. The van der Waals surface area contributed by atoms with Crippen LogP contribution in [-0.4, -0.2) is 32.3 Å². The zero-order chi connectivity index (χ0) is 18.8. The lowest BCUT2D eigenvalue weighted by atomic mass is 10.1. The Morgan fingerprint density at radius 1 is 0.926 bits per heavy atom. The number of carbonyl (C=O) groups is 1. The second kappa shape index (κ2) is 7.68. The Morgan fingerprint density at radius 2 is 1.56 bits per heavy atom. The van der Waals surface area contributed by atoms with Gasteiger partial charge in [0.25, 0.3) is 5.91 Å². The van der Waals surface area contributed by atoms with E-state index in [2.05, 4.69) is 21.2 Å². The maximum atomic E-state index is 12.8. The minimum absolute atomic E-state index is 0.196. The number of amides is 1. The summed E-state index contributed by atoms with van der Waals surface area (Å²) in [6.45, 7) is 4.19. The molecule has 0 saturated heterocycles. The highest BCUT2D eigenvalue weighted by Crippen LogP contribution is 2.36. The second-order valence-corrected chi connectivity index (χ2v) is 7.28. The molecule has 7 heteroatoms. The van der Waals surface area contributed by atoms with E-state index in [0.29, 0.717) is 53.7 Å². The topological polar surface area (TPSA) is 66.0 Å². The summed E-state index contributed by atoms with van der Waals surface area (Å²) in [5.41, 5.74) is 1.45. The largest absolute Gasteiger partial charge is 0.490 e. The molecule has 0 fully saturated rings. The zero-order valence-electron chi connectivity index (χ0n) is 14.9. The van der Waals surface area contributed by atoms with E-state index in [9.17, 15) is 4.79 Å². The molecule has 6 nitrogen and oxygen atoms in total. The Labute approximate surface area is 165 Å². The van der Waals surface area contributed by atoms with Crippen molar-refractivity contribution in [3.8, 4) is 23.0 Å². The summed E-state index contributed by atoms with van der Waals surface area (Å²) in [5.74, 6) is 2.48. The maximum Gasteiger partial charge on any atom is 0.253 e. The summed E-state index contributed by atoms with van der Waals surface area (Å²) in [6.07, 6.45) is 0.856. The van der Waals surface area contributed by atoms with Crippen LogP contribution in [-0.2, 0) is 0 Å². The lowest BCUT2D eigenvalue weighted by molar-refractivity contribution is 0.0937. The molecule has 1 atom stereocenters. The van der Waals surface area contributed by atoms with Crippen LogP contribution >= 0.6 is 15.9 Å². The van der Waals surface area contributed by atoms with E-state index in [1.807, 2.05) is 25.1 Å². The summed E-state index contributed by atoms with van der Waals surface area (Å²) < 4.78 is 23.2. The van der Waals surface area contributed by atoms with Crippen molar-refractivity contribution in [2.45, 2.75) is 19.4 Å². The van der Waals surface area contributed by atoms with Crippen LogP contribution in [0.25, 0.3) is 0 Å². The molecule has 4 rings (SSSR count). The van der Waals surface area contributed by atoms with Crippen LogP contribution in [0, 0.1) is 0 Å². The Morgan fingerprint density at radius 3 is 2.33 bits per heavy atom. The van der Waals surface area contributed by atoms with Crippen LogP contribution in [0.15, 0.2) is 34.8 Å². The van der Waals surface area contributed by atoms with Gasteiger partial charge < -0.3 is 24.3 Å². The smallest absolute Gasteiger partial charge is 0.253 e. The second-order valence-electron chi connectivity index (χ2n) is 6.43. The van der Waals surface area contributed by atoms with Gasteiger partial charge in [-0.05, 0) is 52.7 Å². The molecule has 2 heterocycles. The number of fused-ring (bicyclic) bond motifs is 2. The molecule has 142 valence electrons. The van der Waals surface area contributed by atoms with Crippen molar-refractivity contribution in [3.63, 3.8) is 0 Å². The third-order valence-corrected chi connectivity index (χ3v) is 5.15. The van der Waals surface area contributed by atoms with E-state index in [4.69, 9.17) is 18.9 Å². The third kappa shape index (κ3) is 3.83. The standard InChI is InChI=1S/C20H20BrNO5/c1-12(13-3-4-16-17(9-13)25-6-2-5-24-16)22-20(23)14-10-18-19(11-15(14)21)27-8-7-26-18/h3-4,9-12H,2,5-8H2,1H3,(H,22,23). The fraction of sp³-hybridized carbons (Fsp3) is 0.350. The lowest BCUT2D eigenvalue weighted by Crippen LogP contribution is -2.27. The van der Waals surface area contributed by atoms with E-state index in [1.54, 1.807) is 12.1 Å². The van der Waals surface area contributed by atoms with Crippen LogP contribution in [0.5, 0.6) is 23.0 Å². The first-order valence-electron chi connectivity index (χ1n) is 8.91. The minimum atomic E-state index is -0.199. The molecule has 1 amide bonds. The summed E-state index contributed by atoms with van der Waals surface area (Å²) >= 11 is 3.45. The number of hydrogen-bond acceptors (Lipinski definition) is 5. The van der Waals surface area contributed by atoms with Gasteiger partial charge in [0, 0.05) is 10.9 Å². The number of halogens is 1. The van der Waals surface area contributed by atoms with Crippen molar-refractivity contribution >= 4 is 21.8 Å². The van der Waals surface area contributed by atoms with Gasteiger partial charge in [-0.15, -0.1) is 0 Å². The Bertz CT molecular complexity index is 870. The molecular weight excluding hydrogens is 414 g/mol. The van der Waals surface area contributed by atoms with Gasteiger partial charge in [-0.1, -0.05) is 6.07 Å². The van der Waals surface area contributed by atoms with E-state index >= 15 is 0 Å². The van der Waals surface area contributed by atoms with Crippen molar-refractivity contribution < 1.29 is 23.7 Å². The van der Waals surface area contributed by atoms with Gasteiger partial charge >= 0.3 is 0 Å². The Balaban J connectivity index is 1.52. The Kier molecular flexibility index (Phi) is 5.11. The van der Waals surface area contributed by atoms with Crippen molar-refractivity contribution in [2.24, 2.45) is 0 Å². The normalized spacial score (nSPS) is 16.2. The van der Waals surface area contributed by atoms with Gasteiger partial charge in [0.05, 0.1) is 24.8 Å². The number of rotatable bonds is 3. The molecule has 0 aromatic heterocycles. The SMILES string of the molecule is CC(NC(=O)c1cc2c(cc1Br)OCCO2)c1ccc2c(c1)OCCCO2. The van der Waals surface area contributed by atoms with E-state index in [1.165, 1.54) is 0 Å². The fourth-order valence-electron chi connectivity index (χ4n) is 3.04. The average Bonchev–Trinajstić information content (AvgIpc) is 2.92. The molecule has 0 bridgehead atoms.